The number of methoxy groups -OCH3 is 1. The molecule has 3 rings (SSSR count). The lowest BCUT2D eigenvalue weighted by Gasteiger charge is -2.34. The van der Waals surface area contributed by atoms with E-state index in [0.717, 1.165) is 0 Å². The van der Waals surface area contributed by atoms with Crippen LogP contribution in [0, 0.1) is 0 Å². The molecule has 2 heterocycles. The lowest BCUT2D eigenvalue weighted by Crippen LogP contribution is -2.54. The Hall–Kier alpha value is -2.37. The topological polar surface area (TPSA) is 128 Å². The predicted molar refractivity (Wildman–Crippen MR) is 113 cm³/mol. The zero-order valence-corrected chi connectivity index (χ0v) is 18.3. The maximum absolute atomic E-state index is 13.3. The van der Waals surface area contributed by atoms with Gasteiger partial charge in [-0.25, -0.2) is 13.9 Å². The van der Waals surface area contributed by atoms with Crippen molar-refractivity contribution in [1.82, 2.24) is 15.4 Å². The molecule has 166 valence electrons. The molecule has 0 saturated carbocycles. The van der Waals surface area contributed by atoms with Gasteiger partial charge < -0.3 is 9.47 Å². The van der Waals surface area contributed by atoms with Gasteiger partial charge in [0.1, 0.15) is 0 Å². The number of sulfone groups is 1. The van der Waals surface area contributed by atoms with E-state index in [1.54, 1.807) is 30.6 Å². The van der Waals surface area contributed by atoms with Crippen molar-refractivity contribution in [2.45, 2.75) is 22.5 Å². The van der Waals surface area contributed by atoms with Crippen molar-refractivity contribution in [2.75, 3.05) is 26.9 Å². The number of amides is 1. The number of nitrogens with zero attached hydrogens (tertiary/aromatic N) is 2. The molecule has 1 amide bonds. The van der Waals surface area contributed by atoms with Crippen LogP contribution < -0.4 is 5.48 Å². The fourth-order valence-corrected chi connectivity index (χ4v) is 5.51. The van der Waals surface area contributed by atoms with E-state index in [2.05, 4.69) is 9.97 Å². The normalized spacial score (nSPS) is 16.7. The second-order valence-corrected chi connectivity index (χ2v) is 9.67. The molecule has 1 aromatic heterocycles. The number of hydroxylamine groups is 1. The molecule has 9 nitrogen and oxygen atoms in total. The average Bonchev–Trinajstić information content (AvgIpc) is 2.79. The number of halogens is 1. The molecule has 0 bridgehead atoms. The van der Waals surface area contributed by atoms with E-state index in [1.165, 1.54) is 24.7 Å². The Bertz CT molecular complexity index is 1050. The van der Waals surface area contributed by atoms with E-state index >= 15 is 0 Å². The Balaban J connectivity index is 1.87. The maximum atomic E-state index is 13.3. The first-order valence-electron chi connectivity index (χ1n) is 9.38. The zero-order valence-electron chi connectivity index (χ0n) is 16.7. The highest BCUT2D eigenvalue weighted by atomic mass is 35.5. The van der Waals surface area contributed by atoms with Crippen LogP contribution in [-0.4, -0.2) is 61.2 Å². The summed E-state index contributed by atoms with van der Waals surface area (Å²) in [7, 11) is -2.55. The van der Waals surface area contributed by atoms with Gasteiger partial charge in [-0.1, -0.05) is 23.7 Å². The molecule has 1 fully saturated rings. The Morgan fingerprint density at radius 1 is 1.26 bits per heavy atom. The minimum Gasteiger partial charge on any atom is -0.381 e. The molecule has 11 heteroatoms. The minimum absolute atomic E-state index is 0.0272. The Labute approximate surface area is 184 Å². The average molecular weight is 468 g/mol. The van der Waals surface area contributed by atoms with Crippen molar-refractivity contribution in [1.29, 1.82) is 0 Å². The Kier molecular flexibility index (Phi) is 7.39. The fraction of sp³-hybridized carbons (Fsp3) is 0.350. The second-order valence-electron chi connectivity index (χ2n) is 6.93. The predicted octanol–water partition coefficient (Wildman–Crippen LogP) is 2.20. The highest BCUT2D eigenvalue weighted by Crippen LogP contribution is 2.35. The molecule has 2 aromatic rings. The Morgan fingerprint density at radius 3 is 2.48 bits per heavy atom. The van der Waals surface area contributed by atoms with Gasteiger partial charge >= 0.3 is 0 Å². The van der Waals surface area contributed by atoms with Crippen LogP contribution in [0.2, 0.25) is 0 Å². The molecular formula is C20H22ClN3O6S. The van der Waals surface area contributed by atoms with E-state index in [9.17, 15) is 13.2 Å². The van der Waals surface area contributed by atoms with Crippen molar-refractivity contribution in [3.05, 3.63) is 47.4 Å². The Morgan fingerprint density at radius 2 is 1.94 bits per heavy atom. The van der Waals surface area contributed by atoms with Gasteiger partial charge in [0.2, 0.25) is 0 Å². The smallest absolute Gasteiger partial charge is 0.265 e. The lowest BCUT2D eigenvalue weighted by molar-refractivity contribution is -0.134. The molecule has 0 radical (unpaired) electrons. The highest BCUT2D eigenvalue weighted by molar-refractivity contribution is 7.93. The molecule has 2 N–H and O–H groups in total. The molecule has 0 unspecified atom stereocenters. The summed E-state index contributed by atoms with van der Waals surface area (Å²) in [5.74, 6) is -0.957. The van der Waals surface area contributed by atoms with Gasteiger partial charge in [0.15, 0.2) is 14.6 Å². The minimum atomic E-state index is -4.08. The summed E-state index contributed by atoms with van der Waals surface area (Å²) in [6.45, 7) is 0.480. The van der Waals surface area contributed by atoms with Gasteiger partial charge in [-0.15, -0.1) is 0 Å². The first kappa shape index (κ1) is 23.3. The molecule has 1 aliphatic rings. The van der Waals surface area contributed by atoms with Gasteiger partial charge in [0.25, 0.3) is 5.91 Å². The summed E-state index contributed by atoms with van der Waals surface area (Å²) >= 11 is 6.00. The van der Waals surface area contributed by atoms with Crippen LogP contribution in [0.3, 0.4) is 0 Å². The van der Waals surface area contributed by atoms with Gasteiger partial charge in [-0.3, -0.25) is 20.0 Å². The monoisotopic (exact) mass is 467 g/mol. The van der Waals surface area contributed by atoms with E-state index in [4.69, 9.17) is 26.3 Å². The SMILES string of the molecule is COC/C(Cl)=C/c1cnc(-c2ccc(S(=O)(=O)C3(C(=O)NO)CCOCC3)cc2)cn1. The highest BCUT2D eigenvalue weighted by Gasteiger charge is 2.52. The van der Waals surface area contributed by atoms with Crippen LogP contribution in [0.5, 0.6) is 0 Å². The van der Waals surface area contributed by atoms with Crippen LogP contribution in [0.25, 0.3) is 17.3 Å². The summed E-state index contributed by atoms with van der Waals surface area (Å²) in [5.41, 5.74) is 3.25. The molecule has 0 aliphatic carbocycles. The third-order valence-electron chi connectivity index (χ3n) is 5.05. The van der Waals surface area contributed by atoms with E-state index in [1.807, 2.05) is 0 Å². The van der Waals surface area contributed by atoms with Crippen LogP contribution in [0.4, 0.5) is 0 Å². The van der Waals surface area contributed by atoms with Crippen molar-refractivity contribution in [3.63, 3.8) is 0 Å². The standard InChI is InChI=1S/C20H22ClN3O6S/c1-29-13-15(21)10-16-11-23-18(12-22-16)14-2-4-17(5-3-14)31(27,28)20(19(25)24-26)6-8-30-9-7-20/h2-5,10-12,26H,6-9,13H2,1H3,(H,24,25)/b15-10-. The molecule has 0 atom stereocenters. The summed E-state index contributed by atoms with van der Waals surface area (Å²) in [5, 5.41) is 9.60. The first-order chi connectivity index (χ1) is 14.8. The van der Waals surface area contributed by atoms with Crippen LogP contribution in [-0.2, 0) is 24.1 Å². The van der Waals surface area contributed by atoms with Crippen molar-refractivity contribution in [2.24, 2.45) is 0 Å². The van der Waals surface area contributed by atoms with E-state index < -0.39 is 20.5 Å². The fourth-order valence-electron chi connectivity index (χ4n) is 3.35. The van der Waals surface area contributed by atoms with Crippen LogP contribution in [0.15, 0.2) is 46.6 Å². The van der Waals surface area contributed by atoms with E-state index in [0.29, 0.717) is 22.0 Å². The molecule has 1 saturated heterocycles. The van der Waals surface area contributed by atoms with Crippen molar-refractivity contribution in [3.8, 4) is 11.3 Å². The second kappa shape index (κ2) is 9.84. The molecular weight excluding hydrogens is 446 g/mol. The summed E-state index contributed by atoms with van der Waals surface area (Å²) in [4.78, 5) is 20.9. The number of rotatable bonds is 7. The van der Waals surface area contributed by atoms with Gasteiger partial charge in [0, 0.05) is 30.9 Å². The molecule has 1 aromatic carbocycles. The molecule has 31 heavy (non-hydrogen) atoms. The number of hydrogen-bond acceptors (Lipinski definition) is 8. The molecule has 0 spiro atoms. The van der Waals surface area contributed by atoms with Crippen LogP contribution in [0.1, 0.15) is 18.5 Å². The number of carbonyl (C=O) groups excluding carboxylic acids is 1. The largest absolute Gasteiger partial charge is 0.381 e. The third kappa shape index (κ3) is 4.78. The van der Waals surface area contributed by atoms with Gasteiger partial charge in [-0.2, -0.15) is 0 Å². The van der Waals surface area contributed by atoms with E-state index in [-0.39, 0.29) is 37.6 Å². The number of ether oxygens (including phenoxy) is 2. The number of nitrogens with one attached hydrogen (secondary N) is 1. The number of hydrogen-bond donors (Lipinski definition) is 2. The summed E-state index contributed by atoms with van der Waals surface area (Å²) < 4.78 is 34.9. The van der Waals surface area contributed by atoms with Gasteiger partial charge in [0.05, 0.1) is 35.3 Å². The number of aromatic nitrogens is 2. The lowest BCUT2D eigenvalue weighted by atomic mass is 9.98. The van der Waals surface area contributed by atoms with Crippen molar-refractivity contribution < 1.29 is 27.9 Å². The first-order valence-corrected chi connectivity index (χ1v) is 11.2. The maximum Gasteiger partial charge on any atom is 0.265 e. The summed E-state index contributed by atoms with van der Waals surface area (Å²) in [6.07, 6.45) is 4.63. The summed E-state index contributed by atoms with van der Waals surface area (Å²) in [6, 6.07) is 6.01. The number of carbonyl (C=O) groups is 1. The van der Waals surface area contributed by atoms with Gasteiger partial charge in [-0.05, 0) is 31.1 Å². The molecule has 1 aliphatic heterocycles. The quantitative estimate of drug-likeness (QED) is 0.468. The van der Waals surface area contributed by atoms with Crippen molar-refractivity contribution >= 4 is 33.4 Å². The zero-order chi connectivity index (χ0) is 22.5. The third-order valence-corrected chi connectivity index (χ3v) is 7.78. The van der Waals surface area contributed by atoms with Crippen LogP contribution >= 0.6 is 11.6 Å². The number of benzene rings is 1.